The lowest BCUT2D eigenvalue weighted by Gasteiger charge is -2.11. The minimum Gasteiger partial charge on any atom is -0.481 e. The van der Waals surface area contributed by atoms with Crippen LogP contribution in [-0.2, 0) is 0 Å². The van der Waals surface area contributed by atoms with Gasteiger partial charge in [0, 0.05) is 22.6 Å². The van der Waals surface area contributed by atoms with Gasteiger partial charge in [-0.3, -0.25) is 4.79 Å². The summed E-state index contributed by atoms with van der Waals surface area (Å²) in [6.45, 7) is 0. The van der Waals surface area contributed by atoms with Crippen LogP contribution in [0, 0.1) is 11.3 Å². The summed E-state index contributed by atoms with van der Waals surface area (Å²) in [4.78, 5) is 17.8. The highest BCUT2D eigenvalue weighted by Crippen LogP contribution is 2.33. The van der Waals surface area contributed by atoms with Crippen LogP contribution in [0.2, 0.25) is 0 Å². The number of carbonyl (C=O) groups is 1. The largest absolute Gasteiger partial charge is 0.481 e. The highest BCUT2D eigenvalue weighted by atomic mass is 16.5. The predicted octanol–water partition coefficient (Wildman–Crippen LogP) is 5.50. The van der Waals surface area contributed by atoms with Gasteiger partial charge in [-0.15, -0.1) is 0 Å². The Bertz CT molecular complexity index is 1410. The van der Waals surface area contributed by atoms with Gasteiger partial charge in [-0.2, -0.15) is 5.26 Å². The normalized spacial score (nSPS) is 12.1. The summed E-state index contributed by atoms with van der Waals surface area (Å²) < 4.78 is 5.40. The third-order valence-electron chi connectivity index (χ3n) is 5.34. The van der Waals surface area contributed by atoms with Crippen LogP contribution in [0.3, 0.4) is 0 Å². The van der Waals surface area contributed by atoms with Gasteiger partial charge in [-0.1, -0.05) is 30.4 Å². The molecule has 1 aromatic heterocycles. The molecule has 0 spiro atoms. The maximum Gasteiger partial charge on any atom is 0.214 e. The van der Waals surface area contributed by atoms with E-state index in [2.05, 4.69) is 17.1 Å². The molecule has 0 unspecified atom stereocenters. The predicted molar refractivity (Wildman–Crippen MR) is 117 cm³/mol. The molecule has 4 aromatic rings. The van der Waals surface area contributed by atoms with E-state index in [0.717, 1.165) is 33.2 Å². The van der Waals surface area contributed by atoms with Crippen molar-refractivity contribution in [1.82, 2.24) is 4.98 Å². The molecule has 6 bridgehead atoms. The maximum atomic E-state index is 13.2. The van der Waals surface area contributed by atoms with Crippen LogP contribution < -0.4 is 4.74 Å². The highest BCUT2D eigenvalue weighted by Gasteiger charge is 2.16. The van der Waals surface area contributed by atoms with Gasteiger partial charge in [-0.05, 0) is 64.7 Å². The average molecular weight is 388 g/mol. The van der Waals surface area contributed by atoms with Crippen LogP contribution in [0.25, 0.3) is 34.2 Å². The topological polar surface area (TPSA) is 63.0 Å². The molecule has 0 aliphatic heterocycles. The van der Waals surface area contributed by atoms with Gasteiger partial charge >= 0.3 is 0 Å². The maximum absolute atomic E-state index is 13.2. The lowest BCUT2D eigenvalue weighted by Crippen LogP contribution is -2.03. The van der Waals surface area contributed by atoms with Crippen LogP contribution in [0.5, 0.6) is 5.88 Å². The number of nitriles is 1. The molecule has 1 aliphatic rings. The summed E-state index contributed by atoms with van der Waals surface area (Å²) in [7, 11) is 1.59. The first-order valence-electron chi connectivity index (χ1n) is 9.52. The Kier molecular flexibility index (Phi) is 4.15. The van der Waals surface area contributed by atoms with Crippen LogP contribution in [0.1, 0.15) is 32.6 Å². The van der Waals surface area contributed by atoms with E-state index in [1.54, 1.807) is 31.4 Å². The number of ether oxygens (including phenoxy) is 1. The lowest BCUT2D eigenvalue weighted by molar-refractivity contribution is 0.103. The van der Waals surface area contributed by atoms with Crippen molar-refractivity contribution < 1.29 is 9.53 Å². The van der Waals surface area contributed by atoms with E-state index in [0.29, 0.717) is 22.6 Å². The molecule has 5 rings (SSSR count). The molecule has 30 heavy (non-hydrogen) atoms. The van der Waals surface area contributed by atoms with E-state index >= 15 is 0 Å². The second kappa shape index (κ2) is 6.98. The number of nitrogens with zero attached hydrogens (tertiary/aromatic N) is 2. The molecule has 1 heterocycles. The first-order valence-corrected chi connectivity index (χ1v) is 9.52. The van der Waals surface area contributed by atoms with Crippen molar-refractivity contribution in [3.63, 3.8) is 0 Å². The van der Waals surface area contributed by atoms with E-state index < -0.39 is 0 Å². The second-order valence-corrected chi connectivity index (χ2v) is 7.15. The molecule has 0 atom stereocenters. The standard InChI is InChI=1S/C26H16N2O2/c1-30-25-14-22-18-4-2-3-16(11-18)5-6-17-12-19(7-8-21(17)15-27)26(29)20-9-10-24(28-25)23(22)13-20/h2-14H,1H3. The van der Waals surface area contributed by atoms with Crippen molar-refractivity contribution in [2.75, 3.05) is 7.11 Å². The molecule has 0 amide bonds. The summed E-state index contributed by atoms with van der Waals surface area (Å²) in [5, 5.41) is 10.4. The van der Waals surface area contributed by atoms with Gasteiger partial charge in [0.2, 0.25) is 5.88 Å². The zero-order valence-corrected chi connectivity index (χ0v) is 16.2. The molecule has 4 nitrogen and oxygen atoms in total. The molecule has 1 aliphatic carbocycles. The van der Waals surface area contributed by atoms with Gasteiger partial charge < -0.3 is 4.74 Å². The number of hydrogen-bond acceptors (Lipinski definition) is 4. The summed E-state index contributed by atoms with van der Waals surface area (Å²) >= 11 is 0. The number of methoxy groups -OCH3 is 1. The quantitative estimate of drug-likeness (QED) is 0.380. The Labute approximate surface area is 173 Å². The van der Waals surface area contributed by atoms with Crippen molar-refractivity contribution in [2.45, 2.75) is 0 Å². The number of benzene rings is 3. The van der Waals surface area contributed by atoms with Crippen LogP contribution >= 0.6 is 0 Å². The van der Waals surface area contributed by atoms with Gasteiger partial charge in [0.15, 0.2) is 5.78 Å². The zero-order valence-electron chi connectivity index (χ0n) is 16.2. The monoisotopic (exact) mass is 388 g/mol. The lowest BCUT2D eigenvalue weighted by atomic mass is 9.95. The van der Waals surface area contributed by atoms with Gasteiger partial charge in [0.1, 0.15) is 0 Å². The van der Waals surface area contributed by atoms with Crippen molar-refractivity contribution >= 4 is 28.8 Å². The fraction of sp³-hybridized carbons (Fsp3) is 0.0385. The number of rotatable bonds is 1. The Morgan fingerprint density at radius 1 is 0.900 bits per heavy atom. The van der Waals surface area contributed by atoms with Crippen molar-refractivity contribution in [2.24, 2.45) is 0 Å². The number of carbonyl (C=O) groups excluding carboxylic acids is 1. The molecule has 4 heteroatoms. The van der Waals surface area contributed by atoms with Crippen LogP contribution in [0.4, 0.5) is 0 Å². The third kappa shape index (κ3) is 2.94. The van der Waals surface area contributed by atoms with E-state index in [4.69, 9.17) is 4.74 Å². The number of pyridine rings is 1. The van der Waals surface area contributed by atoms with Gasteiger partial charge in [0.25, 0.3) is 0 Å². The molecule has 0 radical (unpaired) electrons. The average Bonchev–Trinajstić information content (AvgIpc) is 2.80. The molecular formula is C26H16N2O2. The molecule has 142 valence electrons. The summed E-state index contributed by atoms with van der Waals surface area (Å²) in [6.07, 6.45) is 3.84. The Morgan fingerprint density at radius 3 is 2.57 bits per heavy atom. The van der Waals surface area contributed by atoms with Gasteiger partial charge in [-0.25, -0.2) is 4.98 Å². The first kappa shape index (κ1) is 17.8. The van der Waals surface area contributed by atoms with E-state index in [-0.39, 0.29) is 5.78 Å². The summed E-state index contributed by atoms with van der Waals surface area (Å²) in [5.41, 5.74) is 6.07. The van der Waals surface area contributed by atoms with E-state index in [1.165, 1.54) is 0 Å². The van der Waals surface area contributed by atoms with E-state index in [1.807, 2.05) is 48.6 Å². The second-order valence-electron chi connectivity index (χ2n) is 7.15. The number of ketones is 1. The van der Waals surface area contributed by atoms with Crippen molar-refractivity contribution in [3.05, 3.63) is 94.5 Å². The zero-order chi connectivity index (χ0) is 20.7. The smallest absolute Gasteiger partial charge is 0.214 e. The van der Waals surface area contributed by atoms with Crippen LogP contribution in [0.15, 0.2) is 66.7 Å². The Morgan fingerprint density at radius 2 is 1.73 bits per heavy atom. The van der Waals surface area contributed by atoms with E-state index in [9.17, 15) is 10.1 Å². The number of hydrogen-bond donors (Lipinski definition) is 0. The SMILES string of the molecule is COc1cc2c3cc(ccc3n1)C(=O)c1ccc(C#N)c(c1)C=Cc1cccc-2c1. The molecular weight excluding hydrogens is 372 g/mol. The third-order valence-corrected chi connectivity index (χ3v) is 5.34. The molecule has 0 fully saturated rings. The van der Waals surface area contributed by atoms with Crippen LogP contribution in [-0.4, -0.2) is 17.9 Å². The Balaban J connectivity index is 1.87. The fourth-order valence-corrected chi connectivity index (χ4v) is 3.79. The summed E-state index contributed by atoms with van der Waals surface area (Å²) in [5.74, 6) is 0.427. The fourth-order valence-electron chi connectivity index (χ4n) is 3.79. The Hall–Kier alpha value is -4.23. The highest BCUT2D eigenvalue weighted by molar-refractivity contribution is 6.12. The van der Waals surface area contributed by atoms with Crippen molar-refractivity contribution in [1.29, 1.82) is 5.26 Å². The molecule has 0 saturated carbocycles. The number of aromatic nitrogens is 1. The molecule has 3 aromatic carbocycles. The van der Waals surface area contributed by atoms with Gasteiger partial charge in [0.05, 0.1) is 24.3 Å². The summed E-state index contributed by atoms with van der Waals surface area (Å²) in [6, 6.07) is 22.9. The first-order chi connectivity index (χ1) is 14.7. The minimum atomic E-state index is -0.0937. The molecule has 0 saturated heterocycles. The van der Waals surface area contributed by atoms with Crippen molar-refractivity contribution in [3.8, 4) is 23.1 Å². The molecule has 0 N–H and O–H groups in total. The minimum absolute atomic E-state index is 0.0937. The number of fused-ring (bicyclic) bond motifs is 6.